The SMILES string of the molecule is N#Cc1ccc(COC(=O)c2ccccn2)cc1. The van der Waals surface area contributed by atoms with Crippen LogP contribution in [0.5, 0.6) is 0 Å². The van der Waals surface area contributed by atoms with Crippen LogP contribution >= 0.6 is 0 Å². The predicted octanol–water partition coefficient (Wildman–Crippen LogP) is 2.31. The molecule has 2 rings (SSSR count). The summed E-state index contributed by atoms with van der Waals surface area (Å²) in [6.07, 6.45) is 1.54. The maximum Gasteiger partial charge on any atom is 0.357 e. The van der Waals surface area contributed by atoms with Gasteiger partial charge < -0.3 is 4.74 Å². The summed E-state index contributed by atoms with van der Waals surface area (Å²) in [5, 5.41) is 8.65. The van der Waals surface area contributed by atoms with E-state index in [9.17, 15) is 4.79 Å². The van der Waals surface area contributed by atoms with Gasteiger partial charge >= 0.3 is 5.97 Å². The minimum Gasteiger partial charge on any atom is -0.456 e. The number of ether oxygens (including phenoxy) is 1. The molecule has 0 aliphatic carbocycles. The van der Waals surface area contributed by atoms with Gasteiger partial charge in [0.25, 0.3) is 0 Å². The lowest BCUT2D eigenvalue weighted by atomic mass is 10.2. The van der Waals surface area contributed by atoms with Crippen molar-refractivity contribution in [1.29, 1.82) is 5.26 Å². The molecule has 0 aliphatic rings. The molecule has 0 bridgehead atoms. The monoisotopic (exact) mass is 238 g/mol. The fraction of sp³-hybridized carbons (Fsp3) is 0.0714. The van der Waals surface area contributed by atoms with Crippen molar-refractivity contribution < 1.29 is 9.53 Å². The first-order chi connectivity index (χ1) is 8.79. The normalized spacial score (nSPS) is 9.50. The zero-order chi connectivity index (χ0) is 12.8. The molecule has 4 heteroatoms. The number of esters is 1. The Labute approximate surface area is 104 Å². The zero-order valence-electron chi connectivity index (χ0n) is 9.54. The molecular formula is C14H10N2O2. The lowest BCUT2D eigenvalue weighted by Crippen LogP contribution is -2.06. The zero-order valence-corrected chi connectivity index (χ0v) is 9.54. The minimum absolute atomic E-state index is 0.168. The van der Waals surface area contributed by atoms with Crippen LogP contribution in [0.4, 0.5) is 0 Å². The highest BCUT2D eigenvalue weighted by molar-refractivity contribution is 5.87. The van der Waals surface area contributed by atoms with Gasteiger partial charge in [0.1, 0.15) is 12.3 Å². The van der Waals surface area contributed by atoms with E-state index in [2.05, 4.69) is 4.98 Å². The van der Waals surface area contributed by atoms with Gasteiger partial charge in [-0.25, -0.2) is 9.78 Å². The van der Waals surface area contributed by atoms with Gasteiger partial charge in [0, 0.05) is 6.20 Å². The number of benzene rings is 1. The van der Waals surface area contributed by atoms with E-state index in [0.29, 0.717) is 5.56 Å². The molecule has 2 aromatic rings. The van der Waals surface area contributed by atoms with E-state index in [1.54, 1.807) is 42.5 Å². The summed E-state index contributed by atoms with van der Waals surface area (Å²) in [7, 11) is 0. The highest BCUT2D eigenvalue weighted by Gasteiger charge is 2.07. The lowest BCUT2D eigenvalue weighted by molar-refractivity contribution is 0.0466. The number of hydrogen-bond donors (Lipinski definition) is 0. The summed E-state index contributed by atoms with van der Waals surface area (Å²) in [5.41, 5.74) is 1.69. The summed E-state index contributed by atoms with van der Waals surface area (Å²) in [5.74, 6) is -0.458. The molecule has 0 spiro atoms. The average Bonchev–Trinajstić information content (AvgIpc) is 2.46. The van der Waals surface area contributed by atoms with Gasteiger partial charge in [0.2, 0.25) is 0 Å². The quantitative estimate of drug-likeness (QED) is 0.770. The highest BCUT2D eigenvalue weighted by Crippen LogP contribution is 2.06. The van der Waals surface area contributed by atoms with Crippen molar-refractivity contribution in [3.05, 3.63) is 65.5 Å². The van der Waals surface area contributed by atoms with E-state index in [0.717, 1.165) is 5.56 Å². The number of aromatic nitrogens is 1. The molecule has 1 heterocycles. The van der Waals surface area contributed by atoms with E-state index < -0.39 is 5.97 Å². The second-order valence-electron chi connectivity index (χ2n) is 3.60. The lowest BCUT2D eigenvalue weighted by Gasteiger charge is -2.04. The van der Waals surface area contributed by atoms with Gasteiger partial charge in [-0.15, -0.1) is 0 Å². The Hall–Kier alpha value is -2.67. The smallest absolute Gasteiger partial charge is 0.357 e. The van der Waals surface area contributed by atoms with Gasteiger partial charge in [-0.2, -0.15) is 5.26 Å². The second-order valence-corrected chi connectivity index (χ2v) is 3.60. The molecule has 0 fully saturated rings. The molecule has 4 nitrogen and oxygen atoms in total. The van der Waals surface area contributed by atoms with Crippen molar-refractivity contribution in [2.75, 3.05) is 0 Å². The van der Waals surface area contributed by atoms with Gasteiger partial charge in [-0.3, -0.25) is 0 Å². The number of nitrogens with zero attached hydrogens (tertiary/aromatic N) is 2. The van der Waals surface area contributed by atoms with E-state index in [-0.39, 0.29) is 12.3 Å². The Morgan fingerprint density at radius 2 is 2.00 bits per heavy atom. The molecule has 0 amide bonds. The molecule has 1 aromatic carbocycles. The van der Waals surface area contributed by atoms with Crippen molar-refractivity contribution in [2.24, 2.45) is 0 Å². The fourth-order valence-electron chi connectivity index (χ4n) is 1.38. The molecule has 18 heavy (non-hydrogen) atoms. The molecule has 0 atom stereocenters. The van der Waals surface area contributed by atoms with Gasteiger partial charge in [-0.05, 0) is 29.8 Å². The van der Waals surface area contributed by atoms with Crippen molar-refractivity contribution in [3.63, 3.8) is 0 Å². The summed E-state index contributed by atoms with van der Waals surface area (Å²) in [6.45, 7) is 0.168. The maximum absolute atomic E-state index is 11.6. The average molecular weight is 238 g/mol. The molecule has 0 saturated heterocycles. The van der Waals surface area contributed by atoms with Crippen LogP contribution < -0.4 is 0 Å². The first-order valence-electron chi connectivity index (χ1n) is 5.37. The third-order valence-corrected chi connectivity index (χ3v) is 2.33. The second kappa shape index (κ2) is 5.60. The molecule has 0 unspecified atom stereocenters. The van der Waals surface area contributed by atoms with Crippen LogP contribution in [0.15, 0.2) is 48.7 Å². The van der Waals surface area contributed by atoms with E-state index >= 15 is 0 Å². The van der Waals surface area contributed by atoms with Gasteiger partial charge in [0.15, 0.2) is 0 Å². The number of carbonyl (C=O) groups is 1. The summed E-state index contributed by atoms with van der Waals surface area (Å²) in [6, 6.07) is 14.0. The molecule has 1 aromatic heterocycles. The van der Waals surface area contributed by atoms with Crippen molar-refractivity contribution in [3.8, 4) is 6.07 Å². The minimum atomic E-state index is -0.458. The predicted molar refractivity (Wildman–Crippen MR) is 64.5 cm³/mol. The number of hydrogen-bond acceptors (Lipinski definition) is 4. The van der Waals surface area contributed by atoms with E-state index in [1.807, 2.05) is 6.07 Å². The number of rotatable bonds is 3. The topological polar surface area (TPSA) is 63.0 Å². The Morgan fingerprint density at radius 1 is 1.22 bits per heavy atom. The third-order valence-electron chi connectivity index (χ3n) is 2.33. The molecule has 0 radical (unpaired) electrons. The number of nitriles is 1. The summed E-state index contributed by atoms with van der Waals surface area (Å²) < 4.78 is 5.10. The molecular weight excluding hydrogens is 228 g/mol. The van der Waals surface area contributed by atoms with Crippen molar-refractivity contribution in [2.45, 2.75) is 6.61 Å². The van der Waals surface area contributed by atoms with Crippen LogP contribution in [-0.2, 0) is 11.3 Å². The molecule has 0 N–H and O–H groups in total. The Morgan fingerprint density at radius 3 is 2.61 bits per heavy atom. The third kappa shape index (κ3) is 2.92. The number of carbonyl (C=O) groups excluding carboxylic acids is 1. The van der Waals surface area contributed by atoms with Crippen LogP contribution in [0.3, 0.4) is 0 Å². The van der Waals surface area contributed by atoms with Gasteiger partial charge in [0.05, 0.1) is 11.6 Å². The van der Waals surface area contributed by atoms with Crippen LogP contribution in [0.1, 0.15) is 21.6 Å². The molecule has 88 valence electrons. The fourth-order valence-corrected chi connectivity index (χ4v) is 1.38. The van der Waals surface area contributed by atoms with E-state index in [4.69, 9.17) is 10.00 Å². The first kappa shape index (κ1) is 11.8. The van der Waals surface area contributed by atoms with Crippen LogP contribution in [0, 0.1) is 11.3 Å². The van der Waals surface area contributed by atoms with Crippen molar-refractivity contribution >= 4 is 5.97 Å². The maximum atomic E-state index is 11.6. The first-order valence-corrected chi connectivity index (χ1v) is 5.37. The Kier molecular flexibility index (Phi) is 3.67. The van der Waals surface area contributed by atoms with Crippen molar-refractivity contribution in [1.82, 2.24) is 4.98 Å². The largest absolute Gasteiger partial charge is 0.456 e. The van der Waals surface area contributed by atoms with Crippen LogP contribution in [0.25, 0.3) is 0 Å². The van der Waals surface area contributed by atoms with Crippen LogP contribution in [-0.4, -0.2) is 11.0 Å². The molecule has 0 aliphatic heterocycles. The van der Waals surface area contributed by atoms with E-state index in [1.165, 1.54) is 6.20 Å². The standard InChI is InChI=1S/C14H10N2O2/c15-9-11-4-6-12(7-5-11)10-18-14(17)13-3-1-2-8-16-13/h1-8H,10H2. The summed E-state index contributed by atoms with van der Waals surface area (Å²) in [4.78, 5) is 15.5. The highest BCUT2D eigenvalue weighted by atomic mass is 16.5. The molecule has 0 saturated carbocycles. The Bertz CT molecular complexity index is 571. The summed E-state index contributed by atoms with van der Waals surface area (Å²) >= 11 is 0. The van der Waals surface area contributed by atoms with Crippen LogP contribution in [0.2, 0.25) is 0 Å². The Balaban J connectivity index is 1.95. The van der Waals surface area contributed by atoms with Gasteiger partial charge in [-0.1, -0.05) is 18.2 Å². The number of pyridine rings is 1.